The predicted octanol–water partition coefficient (Wildman–Crippen LogP) is 2.81. The Balaban J connectivity index is 1.46. The highest BCUT2D eigenvalue weighted by atomic mass is 32.1. The fraction of sp³-hybridized carbons (Fsp3) is 0.400. The van der Waals surface area contributed by atoms with Crippen LogP contribution in [0.15, 0.2) is 46.8 Å². The summed E-state index contributed by atoms with van der Waals surface area (Å²) in [5.74, 6) is 1.07. The van der Waals surface area contributed by atoms with Gasteiger partial charge in [0.25, 0.3) is 5.91 Å². The van der Waals surface area contributed by atoms with Crippen LogP contribution in [0.2, 0.25) is 0 Å². The van der Waals surface area contributed by atoms with Gasteiger partial charge in [-0.25, -0.2) is 15.0 Å². The van der Waals surface area contributed by atoms with E-state index in [-0.39, 0.29) is 23.8 Å². The Hall–Kier alpha value is -3.17. The molecule has 176 valence electrons. The third-order valence-electron chi connectivity index (χ3n) is 6.34. The molecule has 2 amide bonds. The average Bonchev–Trinajstić information content (AvgIpc) is 3.33. The second-order valence-corrected chi connectivity index (χ2v) is 10.1. The Morgan fingerprint density at radius 1 is 1.18 bits per heavy atom. The van der Waals surface area contributed by atoms with Crippen molar-refractivity contribution in [3.05, 3.63) is 52.5 Å². The van der Waals surface area contributed by atoms with Crippen LogP contribution >= 0.6 is 11.3 Å². The van der Waals surface area contributed by atoms with Gasteiger partial charge in [0.1, 0.15) is 11.5 Å². The van der Waals surface area contributed by atoms with Gasteiger partial charge in [0.05, 0.1) is 18.5 Å². The Morgan fingerprint density at radius 3 is 2.82 bits per heavy atom. The molecule has 0 saturated carbocycles. The second kappa shape index (κ2) is 9.60. The van der Waals surface area contributed by atoms with E-state index in [9.17, 15) is 9.59 Å². The molecule has 2 aliphatic rings. The maximum Gasteiger partial charge on any atom is 0.266 e. The van der Waals surface area contributed by atoms with Gasteiger partial charge in [0.15, 0.2) is 5.82 Å². The summed E-state index contributed by atoms with van der Waals surface area (Å²) >= 11 is 1.60. The van der Waals surface area contributed by atoms with Crippen LogP contribution in [0, 0.1) is 5.92 Å². The molecule has 2 bridgehead atoms. The Kier molecular flexibility index (Phi) is 6.38. The summed E-state index contributed by atoms with van der Waals surface area (Å²) in [5.41, 5.74) is 1.26. The van der Waals surface area contributed by atoms with Crippen molar-refractivity contribution < 1.29 is 9.59 Å². The molecule has 1 atom stereocenters. The number of fused-ring (bicyclic) bond motifs is 5. The van der Waals surface area contributed by atoms with Gasteiger partial charge < -0.3 is 10.2 Å². The summed E-state index contributed by atoms with van der Waals surface area (Å²) in [6.45, 7) is 6.78. The lowest BCUT2D eigenvalue weighted by atomic mass is 10.1. The molecule has 5 rings (SSSR count). The highest BCUT2D eigenvalue weighted by molar-refractivity contribution is 7.10. The molecule has 0 radical (unpaired) electrons. The van der Waals surface area contributed by atoms with Gasteiger partial charge in [-0.1, -0.05) is 32.0 Å². The highest BCUT2D eigenvalue weighted by Crippen LogP contribution is 2.25. The highest BCUT2D eigenvalue weighted by Gasteiger charge is 2.31. The van der Waals surface area contributed by atoms with Crippen LogP contribution in [-0.4, -0.2) is 69.5 Å². The molecule has 4 heterocycles. The maximum atomic E-state index is 13.1. The summed E-state index contributed by atoms with van der Waals surface area (Å²) in [5, 5.41) is 5.90. The van der Waals surface area contributed by atoms with Crippen molar-refractivity contribution in [3.63, 3.8) is 0 Å². The molecule has 0 spiro atoms. The quantitative estimate of drug-likeness (QED) is 0.628. The molecule has 1 fully saturated rings. The van der Waals surface area contributed by atoms with Crippen molar-refractivity contribution in [1.29, 1.82) is 0 Å². The number of para-hydroxylation sites is 1. The number of nitrogens with zero attached hydrogens (tertiary/aromatic N) is 5. The van der Waals surface area contributed by atoms with E-state index < -0.39 is 0 Å². The van der Waals surface area contributed by atoms with E-state index in [0.29, 0.717) is 56.5 Å². The number of benzene rings is 1. The Bertz CT molecular complexity index is 1240. The first-order chi connectivity index (χ1) is 16.5. The number of thiophene rings is 1. The van der Waals surface area contributed by atoms with Crippen molar-refractivity contribution >= 4 is 45.6 Å². The van der Waals surface area contributed by atoms with Crippen LogP contribution in [0.3, 0.4) is 0 Å². The molecule has 9 heteroatoms. The standard InChI is InChI=1S/C25H28N6O2S/c1-16(2)23-25(33)26-13-17-14-31(22(32)12-18-6-5-11-34-18)10-9-30(17)15-21-27-20-8-4-3-7-19(20)24(28-21)29-23/h3-8,11,16-17H,9-10,12-15H2,1-2H3,(H,26,33). The molecule has 2 aromatic heterocycles. The summed E-state index contributed by atoms with van der Waals surface area (Å²) in [6, 6.07) is 11.7. The summed E-state index contributed by atoms with van der Waals surface area (Å²) < 4.78 is 0. The van der Waals surface area contributed by atoms with Crippen LogP contribution in [0.5, 0.6) is 0 Å². The van der Waals surface area contributed by atoms with E-state index in [0.717, 1.165) is 15.8 Å². The van der Waals surface area contributed by atoms with E-state index in [1.54, 1.807) is 11.3 Å². The number of hydrogen-bond donors (Lipinski definition) is 1. The molecular weight excluding hydrogens is 448 g/mol. The Morgan fingerprint density at radius 2 is 2.03 bits per heavy atom. The van der Waals surface area contributed by atoms with Crippen LogP contribution in [0.25, 0.3) is 10.9 Å². The number of aromatic nitrogens is 2. The van der Waals surface area contributed by atoms with Gasteiger partial charge in [-0.15, -0.1) is 11.3 Å². The van der Waals surface area contributed by atoms with E-state index in [1.807, 2.05) is 60.5 Å². The molecule has 3 aromatic rings. The number of nitrogens with one attached hydrogen (secondary N) is 1. The first kappa shape index (κ1) is 22.6. The smallest absolute Gasteiger partial charge is 0.266 e. The normalized spacial score (nSPS) is 19.4. The molecule has 1 N–H and O–H groups in total. The van der Waals surface area contributed by atoms with Gasteiger partial charge >= 0.3 is 0 Å². The number of aliphatic imine (C=N–C) groups is 1. The predicted molar refractivity (Wildman–Crippen MR) is 133 cm³/mol. The van der Waals surface area contributed by atoms with Gasteiger partial charge in [0, 0.05) is 48.4 Å². The summed E-state index contributed by atoms with van der Waals surface area (Å²) in [4.78, 5) is 45.6. The molecule has 1 unspecified atom stereocenters. The SMILES string of the molecule is CC(C)C1=Nc2nc(nc3ccccc23)CN2CCN(C(=O)Cc3cccs3)CC2CNC1=O. The fourth-order valence-electron chi connectivity index (χ4n) is 4.50. The third-order valence-corrected chi connectivity index (χ3v) is 7.22. The number of carbonyl (C=O) groups is 2. The first-order valence-electron chi connectivity index (χ1n) is 11.6. The zero-order valence-electron chi connectivity index (χ0n) is 19.4. The Labute approximate surface area is 202 Å². The minimum Gasteiger partial charge on any atom is -0.349 e. The lowest BCUT2D eigenvalue weighted by Crippen LogP contribution is -2.58. The zero-order chi connectivity index (χ0) is 23.7. The van der Waals surface area contributed by atoms with Crippen LogP contribution < -0.4 is 5.32 Å². The van der Waals surface area contributed by atoms with Crippen LogP contribution in [0.4, 0.5) is 5.82 Å². The monoisotopic (exact) mass is 476 g/mol. The molecule has 8 nitrogen and oxygen atoms in total. The van der Waals surface area contributed by atoms with Crippen molar-refractivity contribution in [1.82, 2.24) is 25.1 Å². The molecule has 1 saturated heterocycles. The minimum atomic E-state index is -0.192. The van der Waals surface area contributed by atoms with Crippen LogP contribution in [-0.2, 0) is 22.6 Å². The lowest BCUT2D eigenvalue weighted by Gasteiger charge is -2.41. The molecule has 1 aromatic carbocycles. The molecular formula is C25H28N6O2S. The fourth-order valence-corrected chi connectivity index (χ4v) is 5.19. The molecule has 34 heavy (non-hydrogen) atoms. The average molecular weight is 477 g/mol. The number of hydrogen-bond acceptors (Lipinski definition) is 7. The summed E-state index contributed by atoms with van der Waals surface area (Å²) in [6.07, 6.45) is 0.415. The van der Waals surface area contributed by atoms with E-state index >= 15 is 0 Å². The number of carbonyl (C=O) groups excluding carboxylic acids is 2. The number of piperazine rings is 1. The van der Waals surface area contributed by atoms with Crippen molar-refractivity contribution in [2.24, 2.45) is 10.9 Å². The van der Waals surface area contributed by atoms with Crippen molar-refractivity contribution in [2.75, 3.05) is 26.2 Å². The van der Waals surface area contributed by atoms with Crippen LogP contribution in [0.1, 0.15) is 24.5 Å². The molecule has 2 aliphatic heterocycles. The summed E-state index contributed by atoms with van der Waals surface area (Å²) in [7, 11) is 0. The third kappa shape index (κ3) is 4.71. The van der Waals surface area contributed by atoms with E-state index in [4.69, 9.17) is 15.0 Å². The van der Waals surface area contributed by atoms with Gasteiger partial charge in [0.2, 0.25) is 5.91 Å². The second-order valence-electron chi connectivity index (χ2n) is 9.06. The van der Waals surface area contributed by atoms with E-state index in [1.165, 1.54) is 0 Å². The zero-order valence-corrected chi connectivity index (χ0v) is 20.2. The number of rotatable bonds is 3. The van der Waals surface area contributed by atoms with Crippen molar-refractivity contribution in [2.45, 2.75) is 32.9 Å². The largest absolute Gasteiger partial charge is 0.349 e. The van der Waals surface area contributed by atoms with Gasteiger partial charge in [-0.3, -0.25) is 14.5 Å². The first-order valence-corrected chi connectivity index (χ1v) is 12.5. The van der Waals surface area contributed by atoms with Gasteiger partial charge in [-0.2, -0.15) is 0 Å². The van der Waals surface area contributed by atoms with Crippen molar-refractivity contribution in [3.8, 4) is 0 Å². The lowest BCUT2D eigenvalue weighted by molar-refractivity contribution is -0.133. The topological polar surface area (TPSA) is 90.8 Å². The number of amides is 2. The minimum absolute atomic E-state index is 0.0324. The maximum absolute atomic E-state index is 13.1. The van der Waals surface area contributed by atoms with Gasteiger partial charge in [-0.05, 0) is 23.6 Å². The molecule has 0 aliphatic carbocycles. The van der Waals surface area contributed by atoms with E-state index in [2.05, 4.69) is 10.2 Å².